The zero-order valence-corrected chi connectivity index (χ0v) is 6.91. The molecule has 0 rings (SSSR count). The highest BCUT2D eigenvalue weighted by Gasteiger charge is 2.37. The van der Waals surface area contributed by atoms with Gasteiger partial charge in [0.15, 0.2) is 6.10 Å². The molecule has 1 atom stereocenters. The number of halogens is 4. The van der Waals surface area contributed by atoms with E-state index in [0.29, 0.717) is 0 Å². The van der Waals surface area contributed by atoms with E-state index in [0.717, 1.165) is 0 Å². The lowest BCUT2D eigenvalue weighted by Crippen LogP contribution is -2.38. The third-order valence-electron chi connectivity index (χ3n) is 1.03. The Morgan fingerprint density at radius 3 is 2.42 bits per heavy atom. The van der Waals surface area contributed by atoms with Crippen LogP contribution in [0.1, 0.15) is 0 Å². The monoisotopic (exact) mass is 203 g/mol. The van der Waals surface area contributed by atoms with E-state index < -0.39 is 18.8 Å². The topological polar surface area (TPSA) is 32.3 Å². The second-order valence-corrected chi connectivity index (χ2v) is 2.74. The Labute approximate surface area is 73.0 Å². The number of nitrogens with one attached hydrogen (secondary N) is 1. The maximum absolute atomic E-state index is 11.6. The van der Waals surface area contributed by atoms with E-state index in [-0.39, 0.29) is 11.6 Å². The predicted octanol–water partition coefficient (Wildman–Crippen LogP) is 1.25. The number of rotatable bonds is 4. The van der Waals surface area contributed by atoms with Gasteiger partial charge in [0.2, 0.25) is 0 Å². The summed E-state index contributed by atoms with van der Waals surface area (Å²) in [4.78, 5) is 0. The zero-order chi connectivity index (χ0) is 9.78. The molecule has 0 fully saturated rings. The van der Waals surface area contributed by atoms with Gasteiger partial charge < -0.3 is 10.4 Å². The van der Waals surface area contributed by atoms with E-state index in [1.54, 1.807) is 0 Å². The molecule has 0 aliphatic rings. The molecule has 0 saturated heterocycles. The minimum absolute atomic E-state index is 0.0503. The molecule has 12 heavy (non-hydrogen) atoms. The van der Waals surface area contributed by atoms with Gasteiger partial charge in [0, 0.05) is 18.1 Å². The smallest absolute Gasteiger partial charge is 0.382 e. The fourth-order valence-corrected chi connectivity index (χ4v) is 0.555. The lowest BCUT2D eigenvalue weighted by molar-refractivity contribution is -0.201. The molecule has 0 bridgehead atoms. The Kier molecular flexibility index (Phi) is 4.59. The van der Waals surface area contributed by atoms with Gasteiger partial charge in [0.05, 0.1) is 0 Å². The van der Waals surface area contributed by atoms with Crippen LogP contribution < -0.4 is 5.32 Å². The third kappa shape index (κ3) is 5.40. The van der Waals surface area contributed by atoms with Crippen LogP contribution in [-0.2, 0) is 0 Å². The van der Waals surface area contributed by atoms with Crippen molar-refractivity contribution in [1.82, 2.24) is 5.32 Å². The molecule has 0 radical (unpaired) electrons. The molecule has 0 saturated carbocycles. The molecule has 0 aliphatic carbocycles. The minimum atomic E-state index is -4.58. The van der Waals surface area contributed by atoms with E-state index in [1.165, 1.54) is 0 Å². The molecule has 6 heteroatoms. The van der Waals surface area contributed by atoms with E-state index in [9.17, 15) is 13.2 Å². The van der Waals surface area contributed by atoms with Crippen LogP contribution in [0.3, 0.4) is 0 Å². The number of aliphatic hydroxyl groups is 1. The van der Waals surface area contributed by atoms with Gasteiger partial charge in [-0.25, -0.2) is 0 Å². The third-order valence-corrected chi connectivity index (χ3v) is 1.17. The van der Waals surface area contributed by atoms with Crippen molar-refractivity contribution in [2.75, 3.05) is 13.1 Å². The molecule has 0 aliphatic heterocycles. The fraction of sp³-hybridized carbons (Fsp3) is 0.667. The maximum atomic E-state index is 11.6. The number of hydrogen-bond donors (Lipinski definition) is 2. The zero-order valence-electron chi connectivity index (χ0n) is 6.16. The summed E-state index contributed by atoms with van der Waals surface area (Å²) in [5.41, 5.74) is 0. The summed E-state index contributed by atoms with van der Waals surface area (Å²) < 4.78 is 34.9. The van der Waals surface area contributed by atoms with Gasteiger partial charge in [-0.15, -0.1) is 0 Å². The fourth-order valence-electron chi connectivity index (χ4n) is 0.460. The molecular formula is C6H9ClF3NO. The second-order valence-electron chi connectivity index (χ2n) is 2.21. The van der Waals surface area contributed by atoms with Gasteiger partial charge in [-0.1, -0.05) is 18.2 Å². The van der Waals surface area contributed by atoms with Gasteiger partial charge >= 0.3 is 6.18 Å². The van der Waals surface area contributed by atoms with E-state index in [1.807, 2.05) is 0 Å². The first-order chi connectivity index (χ1) is 5.34. The molecule has 2 N–H and O–H groups in total. The first kappa shape index (κ1) is 11.7. The molecule has 0 spiro atoms. The highest BCUT2D eigenvalue weighted by Crippen LogP contribution is 2.19. The highest BCUT2D eigenvalue weighted by atomic mass is 35.5. The Morgan fingerprint density at radius 2 is 2.08 bits per heavy atom. The summed E-state index contributed by atoms with van der Waals surface area (Å²) in [5.74, 6) is 0. The van der Waals surface area contributed by atoms with Gasteiger partial charge in [0.25, 0.3) is 0 Å². The molecule has 72 valence electrons. The number of hydrogen-bond acceptors (Lipinski definition) is 2. The number of aliphatic hydroxyl groups excluding tert-OH is 1. The molecule has 0 aromatic rings. The summed E-state index contributed by atoms with van der Waals surface area (Å²) in [6.45, 7) is 2.73. The Morgan fingerprint density at radius 1 is 1.58 bits per heavy atom. The summed E-state index contributed by atoms with van der Waals surface area (Å²) in [5, 5.41) is 10.9. The standard InChI is InChI=1S/C6H9ClF3NO/c1-4(7)2-11-3-5(12)6(8,9)10/h5,11-12H,1-3H2. The van der Waals surface area contributed by atoms with Crippen LogP contribution in [0.5, 0.6) is 0 Å². The van der Waals surface area contributed by atoms with Crippen molar-refractivity contribution in [2.24, 2.45) is 0 Å². The molecule has 0 amide bonds. The van der Waals surface area contributed by atoms with Gasteiger partial charge in [-0.05, 0) is 0 Å². The normalized spacial score (nSPS) is 14.4. The van der Waals surface area contributed by atoms with Crippen molar-refractivity contribution in [1.29, 1.82) is 0 Å². The van der Waals surface area contributed by atoms with Crippen molar-refractivity contribution in [3.63, 3.8) is 0 Å². The van der Waals surface area contributed by atoms with Crippen LogP contribution in [-0.4, -0.2) is 30.5 Å². The molecular weight excluding hydrogens is 195 g/mol. The first-order valence-electron chi connectivity index (χ1n) is 3.13. The second kappa shape index (κ2) is 4.69. The average molecular weight is 204 g/mol. The van der Waals surface area contributed by atoms with E-state index in [2.05, 4.69) is 11.9 Å². The quantitative estimate of drug-likeness (QED) is 0.721. The van der Waals surface area contributed by atoms with Crippen molar-refractivity contribution < 1.29 is 18.3 Å². The highest BCUT2D eigenvalue weighted by molar-refractivity contribution is 6.29. The first-order valence-corrected chi connectivity index (χ1v) is 3.50. The molecule has 0 aromatic carbocycles. The Balaban J connectivity index is 3.58. The van der Waals surface area contributed by atoms with E-state index in [4.69, 9.17) is 16.7 Å². The van der Waals surface area contributed by atoms with Crippen LogP contribution in [0.15, 0.2) is 11.6 Å². The molecule has 1 unspecified atom stereocenters. The Bertz CT molecular complexity index is 159. The van der Waals surface area contributed by atoms with Crippen LogP contribution in [0.4, 0.5) is 13.2 Å². The van der Waals surface area contributed by atoms with Gasteiger partial charge in [-0.2, -0.15) is 13.2 Å². The predicted molar refractivity (Wildman–Crippen MR) is 39.9 cm³/mol. The lowest BCUT2D eigenvalue weighted by atomic mass is 10.3. The van der Waals surface area contributed by atoms with Crippen LogP contribution in [0, 0.1) is 0 Å². The minimum Gasteiger partial charge on any atom is -0.382 e. The average Bonchev–Trinajstić information content (AvgIpc) is 1.84. The Hall–Kier alpha value is -0.260. The van der Waals surface area contributed by atoms with Crippen LogP contribution in [0.2, 0.25) is 0 Å². The van der Waals surface area contributed by atoms with Gasteiger partial charge in [-0.3, -0.25) is 0 Å². The van der Waals surface area contributed by atoms with Gasteiger partial charge in [0.1, 0.15) is 0 Å². The van der Waals surface area contributed by atoms with Crippen LogP contribution in [0.25, 0.3) is 0 Å². The van der Waals surface area contributed by atoms with Crippen molar-refractivity contribution in [3.05, 3.63) is 11.6 Å². The number of alkyl halides is 3. The molecule has 2 nitrogen and oxygen atoms in total. The van der Waals surface area contributed by atoms with Crippen molar-refractivity contribution >= 4 is 11.6 Å². The summed E-state index contributed by atoms with van der Waals surface area (Å²) in [7, 11) is 0. The lowest BCUT2D eigenvalue weighted by Gasteiger charge is -2.14. The molecule has 0 heterocycles. The molecule has 0 aromatic heterocycles. The summed E-state index contributed by atoms with van der Waals surface area (Å²) >= 11 is 5.26. The van der Waals surface area contributed by atoms with Crippen molar-refractivity contribution in [3.8, 4) is 0 Å². The largest absolute Gasteiger partial charge is 0.415 e. The summed E-state index contributed by atoms with van der Waals surface area (Å²) in [6, 6.07) is 0. The SMILES string of the molecule is C=C(Cl)CNCC(O)C(F)(F)F. The van der Waals surface area contributed by atoms with Crippen molar-refractivity contribution in [2.45, 2.75) is 12.3 Å². The maximum Gasteiger partial charge on any atom is 0.415 e. The van der Waals surface area contributed by atoms with E-state index >= 15 is 0 Å². The van der Waals surface area contributed by atoms with Crippen LogP contribution >= 0.6 is 11.6 Å². The summed E-state index contributed by atoms with van der Waals surface area (Å²) in [6.07, 6.45) is -6.94.